The Kier molecular flexibility index (Phi) is 5.32. The van der Waals surface area contributed by atoms with E-state index >= 15 is 0 Å². The number of anilines is 3. The van der Waals surface area contributed by atoms with Gasteiger partial charge in [0.05, 0.1) is 24.7 Å². The summed E-state index contributed by atoms with van der Waals surface area (Å²) in [6, 6.07) is 6.40. The maximum absolute atomic E-state index is 12.9. The van der Waals surface area contributed by atoms with Crippen LogP contribution in [0.4, 0.5) is 17.5 Å². The van der Waals surface area contributed by atoms with Gasteiger partial charge in [-0.1, -0.05) is 0 Å². The third-order valence-corrected chi connectivity index (χ3v) is 5.12. The molecule has 1 fully saturated rings. The van der Waals surface area contributed by atoms with E-state index in [0.29, 0.717) is 43.5 Å². The second kappa shape index (κ2) is 8.07. The van der Waals surface area contributed by atoms with Crippen LogP contribution >= 0.6 is 0 Å². The lowest BCUT2D eigenvalue weighted by molar-refractivity contribution is -0.123. The molecule has 0 bridgehead atoms. The molecule has 0 spiro atoms. The Bertz CT molecular complexity index is 1060. The third-order valence-electron chi connectivity index (χ3n) is 5.12. The molecular formula is C20H21N5O5. The second-order valence-electron chi connectivity index (χ2n) is 7.18. The van der Waals surface area contributed by atoms with E-state index in [1.165, 1.54) is 6.92 Å². The number of carbonyl (C=O) groups is 3. The zero-order valence-electron chi connectivity index (χ0n) is 16.4. The minimum atomic E-state index is -0.976. The highest BCUT2D eigenvalue weighted by Gasteiger charge is 2.35. The van der Waals surface area contributed by atoms with Crippen LogP contribution in [-0.2, 0) is 14.3 Å². The van der Waals surface area contributed by atoms with E-state index in [0.717, 1.165) is 0 Å². The van der Waals surface area contributed by atoms with Crippen molar-refractivity contribution >= 4 is 35.1 Å². The fourth-order valence-electron chi connectivity index (χ4n) is 3.53. The Morgan fingerprint density at radius 2 is 1.87 bits per heavy atom. The molecule has 0 saturated carbocycles. The maximum atomic E-state index is 12.9. The number of nitrogens with one attached hydrogen (secondary N) is 3. The second-order valence-corrected chi connectivity index (χ2v) is 7.18. The first kappa shape index (κ1) is 19.8. The van der Waals surface area contributed by atoms with Gasteiger partial charge in [-0.2, -0.15) is 4.98 Å². The number of nitrogens with zero attached hydrogens (tertiary/aromatic N) is 2. The van der Waals surface area contributed by atoms with Gasteiger partial charge in [0.2, 0.25) is 17.8 Å². The predicted octanol–water partition coefficient (Wildman–Crippen LogP) is 0.874. The van der Waals surface area contributed by atoms with Crippen LogP contribution in [-0.4, -0.2) is 53.9 Å². The van der Waals surface area contributed by atoms with E-state index in [1.54, 1.807) is 24.3 Å². The number of rotatable bonds is 4. The molecule has 10 heteroatoms. The van der Waals surface area contributed by atoms with E-state index in [9.17, 15) is 19.2 Å². The molecule has 2 aromatic rings. The number of Topliss-reactive ketones (excluding diaryl/α,β-unsaturated/α-hetero) is 1. The van der Waals surface area contributed by atoms with Crippen LogP contribution < -0.4 is 21.1 Å². The molecule has 10 nitrogen and oxygen atoms in total. The molecule has 3 heterocycles. The van der Waals surface area contributed by atoms with Gasteiger partial charge in [0.25, 0.3) is 5.56 Å². The Morgan fingerprint density at radius 1 is 1.17 bits per heavy atom. The van der Waals surface area contributed by atoms with Crippen molar-refractivity contribution in [2.75, 3.05) is 41.8 Å². The number of ether oxygens (including phenoxy) is 1. The average molecular weight is 411 g/mol. The van der Waals surface area contributed by atoms with Gasteiger partial charge in [0.1, 0.15) is 5.82 Å². The summed E-state index contributed by atoms with van der Waals surface area (Å²) in [6.45, 7) is 3.61. The highest BCUT2D eigenvalue weighted by molar-refractivity contribution is 6.04. The lowest BCUT2D eigenvalue weighted by atomic mass is 9.92. The van der Waals surface area contributed by atoms with Crippen molar-refractivity contribution in [3.63, 3.8) is 0 Å². The lowest BCUT2D eigenvalue weighted by Crippen LogP contribution is -2.41. The number of H-pyrrole nitrogens is 1. The first-order valence-electron chi connectivity index (χ1n) is 9.61. The van der Waals surface area contributed by atoms with Crippen molar-refractivity contribution in [1.29, 1.82) is 0 Å². The first-order valence-corrected chi connectivity index (χ1v) is 9.61. The van der Waals surface area contributed by atoms with Crippen LogP contribution in [0.2, 0.25) is 0 Å². The topological polar surface area (TPSA) is 133 Å². The summed E-state index contributed by atoms with van der Waals surface area (Å²) in [6.07, 6.45) is -0.161. The molecule has 2 amide bonds. The summed E-state index contributed by atoms with van der Waals surface area (Å²) < 4.78 is 5.30. The minimum Gasteiger partial charge on any atom is -0.378 e. The SMILES string of the molecule is CC(=O)c1ccc(NC(=O)[C@@H]2CC(=O)Nc3nc(N4CCOCC4)[nH]c(=O)c32)cc1. The number of carbonyl (C=O) groups excluding carboxylic acids is 3. The smallest absolute Gasteiger partial charge is 0.258 e. The molecule has 0 unspecified atom stereocenters. The summed E-state index contributed by atoms with van der Waals surface area (Å²) in [7, 11) is 0. The number of hydrogen-bond donors (Lipinski definition) is 3. The fraction of sp³-hybridized carbons (Fsp3) is 0.350. The number of amides is 2. The minimum absolute atomic E-state index is 0.0839. The number of ketones is 1. The Labute approximate surface area is 171 Å². The molecule has 2 aliphatic rings. The monoisotopic (exact) mass is 411 g/mol. The molecule has 0 radical (unpaired) electrons. The van der Waals surface area contributed by atoms with Crippen LogP contribution in [0.3, 0.4) is 0 Å². The molecule has 0 aliphatic carbocycles. The quantitative estimate of drug-likeness (QED) is 0.636. The molecule has 2 aliphatic heterocycles. The van der Waals surface area contributed by atoms with E-state index < -0.39 is 17.4 Å². The average Bonchev–Trinajstić information content (AvgIpc) is 2.73. The molecule has 3 N–H and O–H groups in total. The summed E-state index contributed by atoms with van der Waals surface area (Å²) in [5.41, 5.74) is 0.650. The van der Waals surface area contributed by atoms with Crippen LogP contribution in [0.1, 0.15) is 35.2 Å². The van der Waals surface area contributed by atoms with E-state index in [-0.39, 0.29) is 29.5 Å². The van der Waals surface area contributed by atoms with Gasteiger partial charge >= 0.3 is 0 Å². The molecule has 1 aromatic heterocycles. The molecule has 4 rings (SSSR count). The standard InChI is InChI=1S/C20H21N5O5/c1-11(26)12-2-4-13(5-3-12)21-18(28)14-10-15(27)22-17-16(14)19(29)24-20(23-17)25-6-8-30-9-7-25/h2-5,14H,6-10H2,1H3,(H,21,28)(H2,22,23,24,27,29)/t14-/m1/s1. The van der Waals surface area contributed by atoms with Gasteiger partial charge < -0.3 is 20.3 Å². The zero-order chi connectivity index (χ0) is 21.3. The highest BCUT2D eigenvalue weighted by Crippen LogP contribution is 2.30. The number of fused-ring (bicyclic) bond motifs is 1. The van der Waals surface area contributed by atoms with Crippen LogP contribution in [0.25, 0.3) is 0 Å². The van der Waals surface area contributed by atoms with Crippen molar-refractivity contribution in [3.8, 4) is 0 Å². The zero-order valence-corrected chi connectivity index (χ0v) is 16.4. The molecule has 1 aromatic carbocycles. The molecular weight excluding hydrogens is 390 g/mol. The van der Waals surface area contributed by atoms with Gasteiger partial charge in [-0.3, -0.25) is 24.2 Å². The van der Waals surface area contributed by atoms with Gasteiger partial charge in [0.15, 0.2) is 5.78 Å². The highest BCUT2D eigenvalue weighted by atomic mass is 16.5. The number of aromatic nitrogens is 2. The molecule has 1 atom stereocenters. The Morgan fingerprint density at radius 3 is 2.53 bits per heavy atom. The number of aromatic amines is 1. The number of morpholine rings is 1. The lowest BCUT2D eigenvalue weighted by Gasteiger charge is -2.29. The third kappa shape index (κ3) is 3.94. The van der Waals surface area contributed by atoms with Crippen molar-refractivity contribution in [1.82, 2.24) is 9.97 Å². The van der Waals surface area contributed by atoms with Gasteiger partial charge in [-0.15, -0.1) is 0 Å². The fourth-order valence-corrected chi connectivity index (χ4v) is 3.53. The largest absolute Gasteiger partial charge is 0.378 e. The molecule has 30 heavy (non-hydrogen) atoms. The summed E-state index contributed by atoms with van der Waals surface area (Å²) in [5.74, 6) is -1.50. The van der Waals surface area contributed by atoms with E-state index in [2.05, 4.69) is 20.6 Å². The Hall–Kier alpha value is -3.53. The first-order chi connectivity index (χ1) is 14.4. The predicted molar refractivity (Wildman–Crippen MR) is 109 cm³/mol. The Balaban J connectivity index is 1.60. The summed E-state index contributed by atoms with van der Waals surface area (Å²) >= 11 is 0. The number of benzene rings is 1. The number of hydrogen-bond acceptors (Lipinski definition) is 7. The van der Waals surface area contributed by atoms with Gasteiger partial charge in [0, 0.05) is 30.8 Å². The van der Waals surface area contributed by atoms with Crippen LogP contribution in [0.15, 0.2) is 29.1 Å². The van der Waals surface area contributed by atoms with Crippen molar-refractivity contribution in [3.05, 3.63) is 45.7 Å². The van der Waals surface area contributed by atoms with Crippen LogP contribution in [0.5, 0.6) is 0 Å². The van der Waals surface area contributed by atoms with Crippen LogP contribution in [0, 0.1) is 0 Å². The molecule has 1 saturated heterocycles. The van der Waals surface area contributed by atoms with Crippen molar-refractivity contribution < 1.29 is 19.1 Å². The van der Waals surface area contributed by atoms with Gasteiger partial charge in [-0.25, -0.2) is 0 Å². The molecule has 156 valence electrons. The summed E-state index contributed by atoms with van der Waals surface area (Å²) in [5, 5.41) is 5.31. The van der Waals surface area contributed by atoms with Crippen molar-refractivity contribution in [2.45, 2.75) is 19.3 Å². The van der Waals surface area contributed by atoms with E-state index in [4.69, 9.17) is 4.74 Å². The summed E-state index contributed by atoms with van der Waals surface area (Å²) in [4.78, 5) is 58.2. The van der Waals surface area contributed by atoms with Gasteiger partial charge in [-0.05, 0) is 31.2 Å². The normalized spacial score (nSPS) is 18.4. The van der Waals surface area contributed by atoms with E-state index in [1.807, 2.05) is 4.90 Å². The van der Waals surface area contributed by atoms with Crippen molar-refractivity contribution in [2.24, 2.45) is 0 Å². The maximum Gasteiger partial charge on any atom is 0.258 e.